The first-order valence-corrected chi connectivity index (χ1v) is 7.46. The lowest BCUT2D eigenvalue weighted by Crippen LogP contribution is -2.57. The third kappa shape index (κ3) is 3.85. The Morgan fingerprint density at radius 3 is 2.75 bits per heavy atom. The summed E-state index contributed by atoms with van der Waals surface area (Å²) in [7, 11) is 0. The van der Waals surface area contributed by atoms with Crippen molar-refractivity contribution >= 4 is 24.2 Å². The molecule has 2 aliphatic rings. The van der Waals surface area contributed by atoms with Gasteiger partial charge in [0, 0.05) is 25.6 Å². The molecule has 6 heteroatoms. The molecule has 116 valence electrons. The lowest BCUT2D eigenvalue weighted by molar-refractivity contribution is -0.144. The summed E-state index contributed by atoms with van der Waals surface area (Å²) >= 11 is 0. The van der Waals surface area contributed by atoms with Crippen molar-refractivity contribution in [1.29, 1.82) is 0 Å². The molecule has 1 saturated carbocycles. The Bertz CT molecular complexity index is 351. The van der Waals surface area contributed by atoms with Gasteiger partial charge in [0.25, 0.3) is 0 Å². The third-order valence-corrected chi connectivity index (χ3v) is 4.44. The number of halogens is 1. The minimum atomic E-state index is -0.291. The van der Waals surface area contributed by atoms with E-state index in [1.54, 1.807) is 4.90 Å². The average Bonchev–Trinajstić information content (AvgIpc) is 2.41. The summed E-state index contributed by atoms with van der Waals surface area (Å²) in [6, 6.07) is -0.141. The monoisotopic (exact) mass is 303 g/mol. The van der Waals surface area contributed by atoms with E-state index >= 15 is 0 Å². The first-order valence-electron chi connectivity index (χ1n) is 7.46. The number of nitrogens with two attached hydrogens (primary N) is 1. The van der Waals surface area contributed by atoms with Crippen LogP contribution in [0.5, 0.6) is 0 Å². The van der Waals surface area contributed by atoms with Crippen LogP contribution in [-0.2, 0) is 9.59 Å². The molecule has 1 saturated heterocycles. The Kier molecular flexibility index (Phi) is 6.76. The van der Waals surface area contributed by atoms with E-state index in [-0.39, 0.29) is 36.3 Å². The first-order chi connectivity index (χ1) is 9.13. The maximum absolute atomic E-state index is 12.4. The zero-order valence-electron chi connectivity index (χ0n) is 12.1. The molecule has 20 heavy (non-hydrogen) atoms. The van der Waals surface area contributed by atoms with Crippen LogP contribution >= 0.6 is 12.4 Å². The van der Waals surface area contributed by atoms with Gasteiger partial charge in [0.2, 0.25) is 11.8 Å². The quantitative estimate of drug-likeness (QED) is 0.818. The van der Waals surface area contributed by atoms with Gasteiger partial charge in [-0.15, -0.1) is 12.4 Å². The van der Waals surface area contributed by atoms with Gasteiger partial charge in [0.15, 0.2) is 0 Å². The number of hydrogen-bond acceptors (Lipinski definition) is 3. The Balaban J connectivity index is 0.00000200. The van der Waals surface area contributed by atoms with Gasteiger partial charge in [0.05, 0.1) is 0 Å². The van der Waals surface area contributed by atoms with Crippen LogP contribution in [0.1, 0.15) is 45.4 Å². The molecule has 5 nitrogen and oxygen atoms in total. The molecule has 2 amide bonds. The van der Waals surface area contributed by atoms with Gasteiger partial charge < -0.3 is 16.0 Å². The fraction of sp³-hybridized carbons (Fsp3) is 0.857. The van der Waals surface area contributed by atoms with Gasteiger partial charge in [-0.2, -0.15) is 0 Å². The molecule has 0 aromatic rings. The van der Waals surface area contributed by atoms with Crippen molar-refractivity contribution < 1.29 is 9.59 Å². The molecule has 1 heterocycles. The molecule has 0 spiro atoms. The van der Waals surface area contributed by atoms with Gasteiger partial charge in [0.1, 0.15) is 6.04 Å². The van der Waals surface area contributed by atoms with E-state index in [2.05, 4.69) is 5.32 Å². The Morgan fingerprint density at radius 2 is 2.10 bits per heavy atom. The number of amides is 2. The number of nitrogens with zero attached hydrogens (tertiary/aromatic N) is 1. The topological polar surface area (TPSA) is 75.4 Å². The molecule has 0 bridgehead atoms. The largest absolute Gasteiger partial charge is 0.353 e. The van der Waals surface area contributed by atoms with Crippen molar-refractivity contribution in [2.45, 2.75) is 57.5 Å². The molecule has 3 atom stereocenters. The summed E-state index contributed by atoms with van der Waals surface area (Å²) in [4.78, 5) is 25.9. The number of piperazine rings is 1. The highest BCUT2D eigenvalue weighted by Gasteiger charge is 2.33. The van der Waals surface area contributed by atoms with Gasteiger partial charge in [-0.1, -0.05) is 19.8 Å². The van der Waals surface area contributed by atoms with E-state index < -0.39 is 0 Å². The second-order valence-corrected chi connectivity index (χ2v) is 5.71. The molecule has 3 N–H and O–H groups in total. The average molecular weight is 304 g/mol. The van der Waals surface area contributed by atoms with Crippen LogP contribution in [0, 0.1) is 5.92 Å². The zero-order valence-corrected chi connectivity index (χ0v) is 13.0. The molecule has 0 radical (unpaired) electrons. The van der Waals surface area contributed by atoms with E-state index in [0.29, 0.717) is 31.8 Å². The molecule has 0 aromatic heterocycles. The maximum Gasteiger partial charge on any atom is 0.242 e. The van der Waals surface area contributed by atoms with Crippen molar-refractivity contribution in [2.24, 2.45) is 11.7 Å². The smallest absolute Gasteiger partial charge is 0.242 e. The lowest BCUT2D eigenvalue weighted by Gasteiger charge is -2.36. The van der Waals surface area contributed by atoms with E-state index in [1.165, 1.54) is 12.8 Å². The van der Waals surface area contributed by atoms with Gasteiger partial charge in [-0.3, -0.25) is 9.59 Å². The van der Waals surface area contributed by atoms with Crippen molar-refractivity contribution in [3.8, 4) is 0 Å². The maximum atomic E-state index is 12.4. The van der Waals surface area contributed by atoms with E-state index in [1.807, 2.05) is 6.92 Å². The molecule has 1 aliphatic carbocycles. The molecule has 0 aromatic carbocycles. The first kappa shape index (κ1) is 17.2. The Hall–Kier alpha value is -0.810. The van der Waals surface area contributed by atoms with Crippen LogP contribution in [0.25, 0.3) is 0 Å². The molecule has 3 unspecified atom stereocenters. The SMILES string of the molecule is CCC1C(=O)NCCN1C(=O)CC1CCCCC1N.Cl. The van der Waals surface area contributed by atoms with Crippen LogP contribution < -0.4 is 11.1 Å². The number of hydrogen-bond donors (Lipinski definition) is 2. The second-order valence-electron chi connectivity index (χ2n) is 5.71. The van der Waals surface area contributed by atoms with E-state index in [4.69, 9.17) is 5.73 Å². The van der Waals surface area contributed by atoms with Crippen molar-refractivity contribution in [1.82, 2.24) is 10.2 Å². The highest BCUT2D eigenvalue weighted by atomic mass is 35.5. The fourth-order valence-electron chi connectivity index (χ4n) is 3.25. The number of carbonyl (C=O) groups excluding carboxylic acids is 2. The number of rotatable bonds is 3. The second kappa shape index (κ2) is 7.84. The highest BCUT2D eigenvalue weighted by Crippen LogP contribution is 2.27. The standard InChI is InChI=1S/C14H25N3O2.ClH/c1-2-12-14(19)16-7-8-17(12)13(18)9-10-5-3-4-6-11(10)15;/h10-12H,2-9,15H2,1H3,(H,16,19);1H. The number of carbonyl (C=O) groups is 2. The molecule has 2 fully saturated rings. The summed E-state index contributed by atoms with van der Waals surface area (Å²) < 4.78 is 0. The van der Waals surface area contributed by atoms with Crippen LogP contribution in [0.15, 0.2) is 0 Å². The van der Waals surface area contributed by atoms with Gasteiger partial charge in [-0.25, -0.2) is 0 Å². The third-order valence-electron chi connectivity index (χ3n) is 4.44. The van der Waals surface area contributed by atoms with Gasteiger partial charge >= 0.3 is 0 Å². The summed E-state index contributed by atoms with van der Waals surface area (Å²) in [5.74, 6) is 0.378. The molecular formula is C14H26ClN3O2. The predicted molar refractivity (Wildman–Crippen MR) is 80.6 cm³/mol. The molecule has 2 rings (SSSR count). The van der Waals surface area contributed by atoms with Crippen LogP contribution in [0.3, 0.4) is 0 Å². The minimum absolute atomic E-state index is 0. The molecule has 1 aliphatic heterocycles. The fourth-order valence-corrected chi connectivity index (χ4v) is 3.25. The van der Waals surface area contributed by atoms with Crippen LogP contribution in [0.4, 0.5) is 0 Å². The highest BCUT2D eigenvalue weighted by molar-refractivity contribution is 5.88. The van der Waals surface area contributed by atoms with Crippen LogP contribution in [0.2, 0.25) is 0 Å². The van der Waals surface area contributed by atoms with Crippen molar-refractivity contribution in [3.63, 3.8) is 0 Å². The summed E-state index contributed by atoms with van der Waals surface area (Å²) in [6.07, 6.45) is 5.59. The number of nitrogens with one attached hydrogen (secondary N) is 1. The Morgan fingerprint density at radius 1 is 1.40 bits per heavy atom. The summed E-state index contributed by atoms with van der Waals surface area (Å²) in [6.45, 7) is 3.14. The van der Waals surface area contributed by atoms with Crippen molar-refractivity contribution in [3.05, 3.63) is 0 Å². The van der Waals surface area contributed by atoms with E-state index in [0.717, 1.165) is 12.8 Å². The summed E-state index contributed by atoms with van der Waals surface area (Å²) in [5.41, 5.74) is 6.10. The normalized spacial score (nSPS) is 30.4. The minimum Gasteiger partial charge on any atom is -0.353 e. The predicted octanol–water partition coefficient (Wildman–Crippen LogP) is 1.05. The summed E-state index contributed by atoms with van der Waals surface area (Å²) in [5, 5.41) is 2.82. The van der Waals surface area contributed by atoms with Gasteiger partial charge in [-0.05, 0) is 25.2 Å². The zero-order chi connectivity index (χ0) is 13.8. The van der Waals surface area contributed by atoms with Crippen molar-refractivity contribution in [2.75, 3.05) is 13.1 Å². The molecular weight excluding hydrogens is 278 g/mol. The lowest BCUT2D eigenvalue weighted by atomic mass is 9.82. The Labute approximate surface area is 127 Å². The van der Waals surface area contributed by atoms with E-state index in [9.17, 15) is 9.59 Å². The van der Waals surface area contributed by atoms with Crippen LogP contribution in [-0.4, -0.2) is 41.9 Å².